The molecule has 0 saturated heterocycles. The van der Waals surface area contributed by atoms with Crippen LogP contribution in [0.15, 0.2) is 54.0 Å². The lowest BCUT2D eigenvalue weighted by Gasteiger charge is -2.05. The number of hydrogen-bond acceptors (Lipinski definition) is 5. The molecule has 23 heavy (non-hydrogen) atoms. The molecule has 0 bridgehead atoms. The Hall–Kier alpha value is -2.00. The van der Waals surface area contributed by atoms with Crippen molar-refractivity contribution in [2.45, 2.75) is 0 Å². The first-order valence-corrected chi connectivity index (χ1v) is 8.72. The third kappa shape index (κ3) is 4.49. The van der Waals surface area contributed by atoms with Gasteiger partial charge in [-0.25, -0.2) is 4.98 Å². The molecule has 0 unspecified atom stereocenters. The lowest BCUT2D eigenvalue weighted by molar-refractivity contribution is -0.118. The highest BCUT2D eigenvalue weighted by Crippen LogP contribution is 2.23. The lowest BCUT2D eigenvalue weighted by atomic mass is 10.3. The van der Waals surface area contributed by atoms with E-state index in [0.717, 1.165) is 15.0 Å². The van der Waals surface area contributed by atoms with Crippen molar-refractivity contribution >= 4 is 45.0 Å². The zero-order valence-corrected chi connectivity index (χ0v) is 14.9. The quantitative estimate of drug-likeness (QED) is 0.617. The third-order valence-corrected chi connectivity index (χ3v) is 4.34. The Kier molecular flexibility index (Phi) is 5.19. The molecule has 0 aliphatic carbocycles. The fraction of sp³-hybridized carbons (Fsp3) is 0.0625. The zero-order valence-electron chi connectivity index (χ0n) is 11.9. The Bertz CT molecular complexity index is 791. The lowest BCUT2D eigenvalue weighted by Crippen LogP contribution is -2.20. The summed E-state index contributed by atoms with van der Waals surface area (Å²) in [7, 11) is 0. The maximum absolute atomic E-state index is 11.9. The van der Waals surface area contributed by atoms with Crippen LogP contribution in [-0.4, -0.2) is 22.5 Å². The molecule has 0 radical (unpaired) electrons. The SMILES string of the molecule is O=C(COc1ccc(I)cc1)Nc1nc(-c2ccccn2)cs1. The van der Waals surface area contributed by atoms with Crippen molar-refractivity contribution in [1.82, 2.24) is 9.97 Å². The number of aromatic nitrogens is 2. The first-order chi connectivity index (χ1) is 11.2. The van der Waals surface area contributed by atoms with Crippen LogP contribution in [0.4, 0.5) is 5.13 Å². The summed E-state index contributed by atoms with van der Waals surface area (Å²) in [5.74, 6) is 0.416. The minimum atomic E-state index is -0.245. The molecule has 3 rings (SSSR count). The van der Waals surface area contributed by atoms with E-state index in [-0.39, 0.29) is 12.5 Å². The third-order valence-electron chi connectivity index (χ3n) is 2.86. The summed E-state index contributed by atoms with van der Waals surface area (Å²) in [6, 6.07) is 13.1. The van der Waals surface area contributed by atoms with Crippen LogP contribution in [0.2, 0.25) is 0 Å². The molecule has 3 aromatic rings. The van der Waals surface area contributed by atoms with E-state index in [4.69, 9.17) is 4.74 Å². The summed E-state index contributed by atoms with van der Waals surface area (Å²) < 4.78 is 6.55. The minimum absolute atomic E-state index is 0.0565. The normalized spacial score (nSPS) is 10.3. The summed E-state index contributed by atoms with van der Waals surface area (Å²) in [5, 5.41) is 5.12. The zero-order chi connectivity index (χ0) is 16.1. The number of nitrogens with zero attached hydrogens (tertiary/aromatic N) is 2. The fourth-order valence-electron chi connectivity index (χ4n) is 1.80. The monoisotopic (exact) mass is 437 g/mol. The highest BCUT2D eigenvalue weighted by atomic mass is 127. The molecule has 2 aromatic heterocycles. The molecule has 1 N–H and O–H groups in total. The van der Waals surface area contributed by atoms with Crippen molar-refractivity contribution in [2.75, 3.05) is 11.9 Å². The molecular formula is C16H12IN3O2S. The summed E-state index contributed by atoms with van der Waals surface area (Å²) >= 11 is 3.57. The van der Waals surface area contributed by atoms with Gasteiger partial charge < -0.3 is 4.74 Å². The molecular weight excluding hydrogens is 425 g/mol. The van der Waals surface area contributed by atoms with Gasteiger partial charge in [-0.1, -0.05) is 6.07 Å². The molecule has 5 nitrogen and oxygen atoms in total. The number of pyridine rings is 1. The first-order valence-electron chi connectivity index (χ1n) is 6.76. The molecule has 0 atom stereocenters. The summed E-state index contributed by atoms with van der Waals surface area (Å²) in [4.78, 5) is 20.5. The maximum atomic E-state index is 11.9. The average molecular weight is 437 g/mol. The van der Waals surface area contributed by atoms with Crippen LogP contribution in [0, 0.1) is 3.57 Å². The number of halogens is 1. The van der Waals surface area contributed by atoms with Crippen molar-refractivity contribution in [3.8, 4) is 17.1 Å². The standard InChI is InChI=1S/C16H12IN3O2S/c17-11-4-6-12(7-5-11)22-9-15(21)20-16-19-14(10-23-16)13-3-1-2-8-18-13/h1-8,10H,9H2,(H,19,20,21). The van der Waals surface area contributed by atoms with E-state index in [0.29, 0.717) is 10.9 Å². The molecule has 7 heteroatoms. The van der Waals surface area contributed by atoms with Gasteiger partial charge in [0.25, 0.3) is 5.91 Å². The molecule has 2 heterocycles. The average Bonchev–Trinajstić information content (AvgIpc) is 3.04. The number of thiazole rings is 1. The van der Waals surface area contributed by atoms with E-state index in [1.54, 1.807) is 6.20 Å². The fourth-order valence-corrected chi connectivity index (χ4v) is 2.88. The number of hydrogen-bond donors (Lipinski definition) is 1. The van der Waals surface area contributed by atoms with Gasteiger partial charge in [-0.15, -0.1) is 11.3 Å². The Morgan fingerprint density at radius 3 is 2.74 bits per heavy atom. The van der Waals surface area contributed by atoms with Crippen LogP contribution in [0.5, 0.6) is 5.75 Å². The van der Waals surface area contributed by atoms with Crippen LogP contribution >= 0.6 is 33.9 Å². The first kappa shape index (κ1) is 15.9. The second-order valence-corrected chi connectivity index (χ2v) is 6.65. The van der Waals surface area contributed by atoms with Crippen molar-refractivity contribution in [3.63, 3.8) is 0 Å². The van der Waals surface area contributed by atoms with Gasteiger partial charge in [0.05, 0.1) is 5.69 Å². The van der Waals surface area contributed by atoms with Crippen LogP contribution in [0.25, 0.3) is 11.4 Å². The van der Waals surface area contributed by atoms with E-state index in [1.165, 1.54) is 11.3 Å². The summed E-state index contributed by atoms with van der Waals surface area (Å²) in [6.45, 7) is -0.0565. The molecule has 0 fully saturated rings. The number of anilines is 1. The summed E-state index contributed by atoms with van der Waals surface area (Å²) in [6.07, 6.45) is 1.71. The number of rotatable bonds is 5. The summed E-state index contributed by atoms with van der Waals surface area (Å²) in [5.41, 5.74) is 1.52. The topological polar surface area (TPSA) is 64.1 Å². The number of nitrogens with one attached hydrogen (secondary N) is 1. The van der Waals surface area contributed by atoms with E-state index in [1.807, 2.05) is 47.8 Å². The van der Waals surface area contributed by atoms with E-state index < -0.39 is 0 Å². The van der Waals surface area contributed by atoms with Crippen molar-refractivity contribution in [2.24, 2.45) is 0 Å². The predicted octanol–water partition coefficient (Wildman–Crippen LogP) is 3.83. The van der Waals surface area contributed by atoms with Crippen LogP contribution in [0.3, 0.4) is 0 Å². The Morgan fingerprint density at radius 2 is 2.00 bits per heavy atom. The van der Waals surface area contributed by atoms with Gasteiger partial charge in [0.1, 0.15) is 11.4 Å². The van der Waals surface area contributed by atoms with Crippen LogP contribution in [0.1, 0.15) is 0 Å². The molecule has 0 spiro atoms. The van der Waals surface area contributed by atoms with Gasteiger partial charge in [0.15, 0.2) is 11.7 Å². The van der Waals surface area contributed by atoms with Gasteiger partial charge >= 0.3 is 0 Å². The van der Waals surface area contributed by atoms with Crippen LogP contribution in [-0.2, 0) is 4.79 Å². The smallest absolute Gasteiger partial charge is 0.264 e. The molecule has 0 saturated carbocycles. The van der Waals surface area contributed by atoms with E-state index >= 15 is 0 Å². The number of carbonyl (C=O) groups excluding carboxylic acids is 1. The minimum Gasteiger partial charge on any atom is -0.484 e. The molecule has 1 amide bonds. The van der Waals surface area contributed by atoms with Gasteiger partial charge in [0, 0.05) is 15.1 Å². The Labute approximate surface area is 150 Å². The van der Waals surface area contributed by atoms with Gasteiger partial charge in [-0.05, 0) is 59.0 Å². The van der Waals surface area contributed by atoms with E-state index in [9.17, 15) is 4.79 Å². The van der Waals surface area contributed by atoms with Crippen LogP contribution < -0.4 is 10.1 Å². The second-order valence-electron chi connectivity index (χ2n) is 4.54. The van der Waals surface area contributed by atoms with Gasteiger partial charge in [-0.2, -0.15) is 0 Å². The number of carbonyl (C=O) groups is 1. The molecule has 0 aliphatic rings. The number of benzene rings is 1. The van der Waals surface area contributed by atoms with Crippen molar-refractivity contribution < 1.29 is 9.53 Å². The second kappa shape index (κ2) is 7.51. The van der Waals surface area contributed by atoms with Gasteiger partial charge in [-0.3, -0.25) is 15.1 Å². The van der Waals surface area contributed by atoms with Crippen molar-refractivity contribution in [1.29, 1.82) is 0 Å². The molecule has 116 valence electrons. The van der Waals surface area contributed by atoms with Crippen molar-refractivity contribution in [3.05, 3.63) is 57.6 Å². The van der Waals surface area contributed by atoms with Gasteiger partial charge in [0.2, 0.25) is 0 Å². The number of ether oxygens (including phenoxy) is 1. The molecule has 1 aromatic carbocycles. The number of amides is 1. The van der Waals surface area contributed by atoms with E-state index in [2.05, 4.69) is 37.9 Å². The highest BCUT2D eigenvalue weighted by Gasteiger charge is 2.09. The Morgan fingerprint density at radius 1 is 1.17 bits per heavy atom. The Balaban J connectivity index is 1.56. The largest absolute Gasteiger partial charge is 0.484 e. The highest BCUT2D eigenvalue weighted by molar-refractivity contribution is 14.1. The maximum Gasteiger partial charge on any atom is 0.264 e. The molecule has 0 aliphatic heterocycles. The predicted molar refractivity (Wildman–Crippen MR) is 98.6 cm³/mol.